The molecule has 0 bridgehead atoms. The molecule has 0 aliphatic rings. The van der Waals surface area contributed by atoms with Crippen molar-refractivity contribution in [2.24, 2.45) is 5.16 Å². The van der Waals surface area contributed by atoms with Crippen LogP contribution in [-0.4, -0.2) is 11.4 Å². The molecule has 0 saturated carbocycles. The molecule has 1 aromatic rings. The molecule has 0 saturated heterocycles. The molecule has 72 valence electrons. The molecule has 0 radical (unpaired) electrons. The van der Waals surface area contributed by atoms with Crippen molar-refractivity contribution in [1.29, 1.82) is 5.26 Å². The van der Waals surface area contributed by atoms with E-state index in [2.05, 4.69) is 11.2 Å². The van der Waals surface area contributed by atoms with Crippen molar-refractivity contribution in [2.45, 2.75) is 19.8 Å². The molecule has 0 unspecified atom stereocenters. The van der Waals surface area contributed by atoms with Gasteiger partial charge >= 0.3 is 0 Å². The highest BCUT2D eigenvalue weighted by atomic mass is 16.4. The fourth-order valence-electron chi connectivity index (χ4n) is 1.31. The Balaban J connectivity index is 3.22. The van der Waals surface area contributed by atoms with Gasteiger partial charge in [-0.1, -0.05) is 25.1 Å². The lowest BCUT2D eigenvalue weighted by molar-refractivity contribution is 0.322. The molecule has 1 aromatic carbocycles. The minimum Gasteiger partial charge on any atom is -0.411 e. The van der Waals surface area contributed by atoms with Gasteiger partial charge in [-0.15, -0.1) is 0 Å². The first-order chi connectivity index (χ1) is 6.69. The Morgan fingerprint density at radius 3 is 2.71 bits per heavy atom. The Morgan fingerprint density at radius 2 is 2.21 bits per heavy atom. The summed E-state index contributed by atoms with van der Waals surface area (Å²) < 4.78 is 0. The fraction of sp³-hybridized carbons (Fsp3) is 0.273. The maximum atomic E-state index is 8.86. The molecule has 14 heavy (non-hydrogen) atoms. The van der Waals surface area contributed by atoms with E-state index in [0.29, 0.717) is 5.56 Å². The van der Waals surface area contributed by atoms with Crippen molar-refractivity contribution in [3.63, 3.8) is 0 Å². The quantitative estimate of drug-likeness (QED) is 0.440. The third-order valence-corrected chi connectivity index (χ3v) is 2.02. The summed E-state index contributed by atoms with van der Waals surface area (Å²) >= 11 is 0. The zero-order valence-corrected chi connectivity index (χ0v) is 8.23. The van der Waals surface area contributed by atoms with Gasteiger partial charge in [0.25, 0.3) is 0 Å². The first-order valence-electron chi connectivity index (χ1n) is 4.40. The van der Waals surface area contributed by atoms with Crippen LogP contribution in [-0.2, 0) is 0 Å². The zero-order valence-electron chi connectivity index (χ0n) is 8.23. The van der Waals surface area contributed by atoms with Crippen LogP contribution in [0.1, 0.15) is 36.5 Å². The third-order valence-electron chi connectivity index (χ3n) is 2.02. The molecule has 0 aliphatic heterocycles. The first kappa shape index (κ1) is 10.3. The second-order valence-corrected chi connectivity index (χ2v) is 3.36. The van der Waals surface area contributed by atoms with Gasteiger partial charge in [-0.3, -0.25) is 0 Å². The summed E-state index contributed by atoms with van der Waals surface area (Å²) in [6.45, 7) is 4.05. The largest absolute Gasteiger partial charge is 0.411 e. The SMILES string of the molecule is CC(C)c1cc(C=NO)ccc1C#N. The van der Waals surface area contributed by atoms with Crippen LogP contribution in [0.2, 0.25) is 0 Å². The van der Waals surface area contributed by atoms with E-state index in [9.17, 15) is 0 Å². The number of oxime groups is 1. The minimum absolute atomic E-state index is 0.289. The number of nitriles is 1. The number of hydrogen-bond acceptors (Lipinski definition) is 3. The predicted molar refractivity (Wildman–Crippen MR) is 54.6 cm³/mol. The van der Waals surface area contributed by atoms with E-state index in [1.54, 1.807) is 12.1 Å². The standard InChI is InChI=1S/C11H12N2O/c1-8(2)11-5-9(7-13-14)3-4-10(11)6-12/h3-5,7-8,14H,1-2H3. The average molecular weight is 188 g/mol. The molecular formula is C11H12N2O. The van der Waals surface area contributed by atoms with Gasteiger partial charge in [-0.2, -0.15) is 5.26 Å². The van der Waals surface area contributed by atoms with Crippen molar-refractivity contribution in [2.75, 3.05) is 0 Å². The molecule has 0 fully saturated rings. The smallest absolute Gasteiger partial charge is 0.0994 e. The molecular weight excluding hydrogens is 176 g/mol. The van der Waals surface area contributed by atoms with Crippen molar-refractivity contribution in [3.8, 4) is 6.07 Å². The number of hydrogen-bond donors (Lipinski definition) is 1. The van der Waals surface area contributed by atoms with E-state index in [1.165, 1.54) is 6.21 Å². The van der Waals surface area contributed by atoms with Gasteiger partial charge in [0, 0.05) is 0 Å². The maximum Gasteiger partial charge on any atom is 0.0994 e. The molecule has 0 spiro atoms. The van der Waals surface area contributed by atoms with Gasteiger partial charge < -0.3 is 5.21 Å². The van der Waals surface area contributed by atoms with Crippen LogP contribution >= 0.6 is 0 Å². The van der Waals surface area contributed by atoms with Crippen LogP contribution in [0.3, 0.4) is 0 Å². The van der Waals surface area contributed by atoms with Crippen LogP contribution in [0, 0.1) is 11.3 Å². The molecule has 3 nitrogen and oxygen atoms in total. The van der Waals surface area contributed by atoms with E-state index >= 15 is 0 Å². The summed E-state index contributed by atoms with van der Waals surface area (Å²) in [6.07, 6.45) is 1.35. The van der Waals surface area contributed by atoms with Gasteiger partial charge in [0.05, 0.1) is 17.8 Å². The van der Waals surface area contributed by atoms with E-state index in [1.807, 2.05) is 19.9 Å². The second kappa shape index (κ2) is 4.43. The Kier molecular flexibility index (Phi) is 3.24. The zero-order chi connectivity index (χ0) is 10.6. The third kappa shape index (κ3) is 2.11. The monoisotopic (exact) mass is 188 g/mol. The van der Waals surface area contributed by atoms with Gasteiger partial charge in [0.2, 0.25) is 0 Å². The second-order valence-electron chi connectivity index (χ2n) is 3.36. The highest BCUT2D eigenvalue weighted by Gasteiger charge is 2.06. The van der Waals surface area contributed by atoms with E-state index < -0.39 is 0 Å². The fourth-order valence-corrected chi connectivity index (χ4v) is 1.31. The molecule has 1 N–H and O–H groups in total. The lowest BCUT2D eigenvalue weighted by atomic mass is 9.96. The lowest BCUT2D eigenvalue weighted by Gasteiger charge is -2.07. The maximum absolute atomic E-state index is 8.86. The van der Waals surface area contributed by atoms with E-state index in [-0.39, 0.29) is 5.92 Å². The van der Waals surface area contributed by atoms with Crippen LogP contribution in [0.15, 0.2) is 23.4 Å². The highest BCUT2D eigenvalue weighted by Crippen LogP contribution is 2.19. The van der Waals surface area contributed by atoms with Gasteiger partial charge in [0.1, 0.15) is 0 Å². The summed E-state index contributed by atoms with van der Waals surface area (Å²) in [6, 6.07) is 7.50. The number of benzene rings is 1. The van der Waals surface area contributed by atoms with Crippen molar-refractivity contribution >= 4 is 6.21 Å². The van der Waals surface area contributed by atoms with Crippen molar-refractivity contribution in [1.82, 2.24) is 0 Å². The van der Waals surface area contributed by atoms with E-state index in [0.717, 1.165) is 11.1 Å². The first-order valence-corrected chi connectivity index (χ1v) is 4.40. The minimum atomic E-state index is 0.289. The van der Waals surface area contributed by atoms with Gasteiger partial charge in [-0.05, 0) is 29.2 Å². The van der Waals surface area contributed by atoms with Gasteiger partial charge in [0.15, 0.2) is 0 Å². The lowest BCUT2D eigenvalue weighted by Crippen LogP contribution is -1.94. The van der Waals surface area contributed by atoms with Crippen molar-refractivity contribution in [3.05, 3.63) is 34.9 Å². The molecule has 0 amide bonds. The van der Waals surface area contributed by atoms with Gasteiger partial charge in [-0.25, -0.2) is 0 Å². The number of rotatable bonds is 2. The molecule has 0 aromatic heterocycles. The number of nitrogens with zero attached hydrogens (tertiary/aromatic N) is 2. The Morgan fingerprint density at radius 1 is 1.50 bits per heavy atom. The molecule has 0 aliphatic carbocycles. The van der Waals surface area contributed by atoms with Crippen molar-refractivity contribution < 1.29 is 5.21 Å². The van der Waals surface area contributed by atoms with Crippen LogP contribution in [0.25, 0.3) is 0 Å². The van der Waals surface area contributed by atoms with Crippen LogP contribution < -0.4 is 0 Å². The van der Waals surface area contributed by atoms with Crippen LogP contribution in [0.4, 0.5) is 0 Å². The summed E-state index contributed by atoms with van der Waals surface area (Å²) in [4.78, 5) is 0. The normalized spacial score (nSPS) is 10.7. The average Bonchev–Trinajstić information content (AvgIpc) is 2.18. The topological polar surface area (TPSA) is 56.4 Å². The molecule has 3 heteroatoms. The molecule has 1 rings (SSSR count). The Bertz CT molecular complexity index is 389. The van der Waals surface area contributed by atoms with Crippen LogP contribution in [0.5, 0.6) is 0 Å². The Labute approximate surface area is 83.3 Å². The van der Waals surface area contributed by atoms with E-state index in [4.69, 9.17) is 10.5 Å². The molecule has 0 atom stereocenters. The summed E-state index contributed by atoms with van der Waals surface area (Å²) in [5.41, 5.74) is 2.45. The summed E-state index contributed by atoms with van der Waals surface area (Å²) in [5, 5.41) is 20.2. The summed E-state index contributed by atoms with van der Waals surface area (Å²) in [7, 11) is 0. The molecule has 0 heterocycles. The highest BCUT2D eigenvalue weighted by molar-refractivity contribution is 5.79. The summed E-state index contributed by atoms with van der Waals surface area (Å²) in [5.74, 6) is 0.289. The predicted octanol–water partition coefficient (Wildman–Crippen LogP) is 2.49. The Hall–Kier alpha value is -1.82.